The molecule has 2 aromatic rings. The summed E-state index contributed by atoms with van der Waals surface area (Å²) in [6, 6.07) is 12.2. The molecule has 0 fully saturated rings. The van der Waals surface area contributed by atoms with E-state index in [1.807, 2.05) is 36.5 Å². The van der Waals surface area contributed by atoms with Crippen LogP contribution in [-0.2, 0) is 11.2 Å². The number of hydrogen-bond donors (Lipinski definition) is 1. The zero-order valence-corrected chi connectivity index (χ0v) is 16.6. The number of rotatable bonds is 10. The average molecular weight is 367 g/mol. The molecule has 0 saturated heterocycles. The van der Waals surface area contributed by atoms with Gasteiger partial charge in [-0.3, -0.25) is 9.78 Å². The summed E-state index contributed by atoms with van der Waals surface area (Å²) in [5, 5.41) is 3.09. The molecule has 0 radical (unpaired) electrons. The summed E-state index contributed by atoms with van der Waals surface area (Å²) >= 11 is 0. The SMILES string of the molecule is COc1ccc(/C(C)=C/CCC(=O)NC(C)CCCc2cccnc2)cc1. The minimum Gasteiger partial charge on any atom is -0.497 e. The molecular formula is C23H30N2O2. The number of pyridine rings is 1. The second kappa shape index (κ2) is 11.2. The number of benzene rings is 1. The molecule has 1 N–H and O–H groups in total. The Morgan fingerprint density at radius 3 is 2.70 bits per heavy atom. The molecule has 1 atom stereocenters. The molecule has 1 aromatic carbocycles. The number of nitrogens with zero attached hydrogens (tertiary/aromatic N) is 1. The van der Waals surface area contributed by atoms with Gasteiger partial charge in [0.15, 0.2) is 0 Å². The van der Waals surface area contributed by atoms with Gasteiger partial charge in [0.1, 0.15) is 5.75 Å². The van der Waals surface area contributed by atoms with Gasteiger partial charge in [0.05, 0.1) is 7.11 Å². The largest absolute Gasteiger partial charge is 0.497 e. The molecule has 0 bridgehead atoms. The van der Waals surface area contributed by atoms with Gasteiger partial charge in [-0.2, -0.15) is 0 Å². The zero-order valence-electron chi connectivity index (χ0n) is 16.6. The van der Waals surface area contributed by atoms with Crippen LogP contribution in [0.15, 0.2) is 54.9 Å². The summed E-state index contributed by atoms with van der Waals surface area (Å²) < 4.78 is 5.18. The van der Waals surface area contributed by atoms with Crippen molar-refractivity contribution in [3.05, 3.63) is 66.0 Å². The van der Waals surface area contributed by atoms with Gasteiger partial charge in [-0.15, -0.1) is 0 Å². The molecule has 1 amide bonds. The van der Waals surface area contributed by atoms with Crippen LogP contribution in [0, 0.1) is 0 Å². The molecule has 2 rings (SSSR count). The minimum atomic E-state index is 0.114. The van der Waals surface area contributed by atoms with E-state index >= 15 is 0 Å². The molecular weight excluding hydrogens is 336 g/mol. The van der Waals surface area contributed by atoms with Crippen molar-refractivity contribution < 1.29 is 9.53 Å². The van der Waals surface area contributed by atoms with Gasteiger partial charge in [-0.05, 0) is 74.4 Å². The highest BCUT2D eigenvalue weighted by atomic mass is 16.5. The molecule has 4 nitrogen and oxygen atoms in total. The molecule has 1 aromatic heterocycles. The molecule has 0 aliphatic rings. The second-order valence-electron chi connectivity index (χ2n) is 6.88. The molecule has 1 heterocycles. The van der Waals surface area contributed by atoms with Gasteiger partial charge < -0.3 is 10.1 Å². The quantitative estimate of drug-likeness (QED) is 0.657. The maximum absolute atomic E-state index is 12.1. The van der Waals surface area contributed by atoms with Crippen molar-refractivity contribution in [2.75, 3.05) is 7.11 Å². The summed E-state index contributed by atoms with van der Waals surface area (Å²) in [6.07, 6.45) is 10.1. The zero-order chi connectivity index (χ0) is 19.5. The Labute approximate surface area is 162 Å². The summed E-state index contributed by atoms with van der Waals surface area (Å²) in [5.41, 5.74) is 3.57. The maximum atomic E-state index is 12.1. The number of amides is 1. The number of aromatic nitrogens is 1. The molecule has 4 heteroatoms. The summed E-state index contributed by atoms with van der Waals surface area (Å²) in [6.45, 7) is 4.14. The highest BCUT2D eigenvalue weighted by molar-refractivity contribution is 5.76. The van der Waals surface area contributed by atoms with Crippen molar-refractivity contribution in [3.63, 3.8) is 0 Å². The lowest BCUT2D eigenvalue weighted by Crippen LogP contribution is -2.32. The molecule has 0 saturated carbocycles. The smallest absolute Gasteiger partial charge is 0.220 e. The van der Waals surface area contributed by atoms with Crippen molar-refractivity contribution in [3.8, 4) is 5.75 Å². The molecule has 27 heavy (non-hydrogen) atoms. The molecule has 1 unspecified atom stereocenters. The minimum absolute atomic E-state index is 0.114. The highest BCUT2D eigenvalue weighted by Gasteiger charge is 2.07. The number of nitrogens with one attached hydrogen (secondary N) is 1. The predicted octanol–water partition coefficient (Wildman–Crippen LogP) is 4.80. The number of methoxy groups -OCH3 is 1. The topological polar surface area (TPSA) is 51.2 Å². The van der Waals surface area contributed by atoms with Crippen LogP contribution in [0.5, 0.6) is 5.75 Å². The van der Waals surface area contributed by atoms with Gasteiger partial charge in [-0.25, -0.2) is 0 Å². The van der Waals surface area contributed by atoms with Crippen molar-refractivity contribution in [1.29, 1.82) is 0 Å². The fraction of sp³-hybridized carbons (Fsp3) is 0.391. The third-order valence-electron chi connectivity index (χ3n) is 4.60. The highest BCUT2D eigenvalue weighted by Crippen LogP contribution is 2.18. The van der Waals surface area contributed by atoms with E-state index in [4.69, 9.17) is 4.74 Å². The van der Waals surface area contributed by atoms with E-state index in [0.29, 0.717) is 6.42 Å². The monoisotopic (exact) mass is 366 g/mol. The average Bonchev–Trinajstić information content (AvgIpc) is 2.68. The normalized spacial score (nSPS) is 12.5. The van der Waals surface area contributed by atoms with Crippen molar-refractivity contribution in [1.82, 2.24) is 10.3 Å². The number of allylic oxidation sites excluding steroid dienone is 2. The lowest BCUT2D eigenvalue weighted by Gasteiger charge is -2.13. The third kappa shape index (κ3) is 7.65. The number of aryl methyl sites for hydroxylation is 1. The molecule has 0 aliphatic carbocycles. The lowest BCUT2D eigenvalue weighted by atomic mass is 10.1. The van der Waals surface area contributed by atoms with E-state index in [9.17, 15) is 4.79 Å². The molecule has 144 valence electrons. The van der Waals surface area contributed by atoms with Crippen LogP contribution in [-0.4, -0.2) is 24.0 Å². The van der Waals surface area contributed by atoms with E-state index < -0.39 is 0 Å². The van der Waals surface area contributed by atoms with Gasteiger partial charge in [0.2, 0.25) is 5.91 Å². The first-order chi connectivity index (χ1) is 13.1. The van der Waals surface area contributed by atoms with Crippen molar-refractivity contribution >= 4 is 11.5 Å². The summed E-state index contributed by atoms with van der Waals surface area (Å²) in [7, 11) is 1.66. The Morgan fingerprint density at radius 1 is 1.26 bits per heavy atom. The number of ether oxygens (including phenoxy) is 1. The van der Waals surface area contributed by atoms with E-state index in [0.717, 1.165) is 37.0 Å². The molecule has 0 aliphatic heterocycles. The van der Waals surface area contributed by atoms with Crippen LogP contribution in [0.3, 0.4) is 0 Å². The fourth-order valence-electron chi connectivity index (χ4n) is 2.97. The Kier molecular flexibility index (Phi) is 8.56. The third-order valence-corrected chi connectivity index (χ3v) is 4.60. The Bertz CT molecular complexity index is 724. The summed E-state index contributed by atoms with van der Waals surface area (Å²) in [4.78, 5) is 16.2. The van der Waals surface area contributed by atoms with Gasteiger partial charge in [0.25, 0.3) is 0 Å². The van der Waals surface area contributed by atoms with Crippen molar-refractivity contribution in [2.24, 2.45) is 0 Å². The lowest BCUT2D eigenvalue weighted by molar-refractivity contribution is -0.121. The van der Waals surface area contributed by atoms with Crippen LogP contribution in [0.4, 0.5) is 0 Å². The first-order valence-electron chi connectivity index (χ1n) is 9.58. The summed E-state index contributed by atoms with van der Waals surface area (Å²) in [5.74, 6) is 0.964. The number of carbonyl (C=O) groups is 1. The van der Waals surface area contributed by atoms with Gasteiger partial charge >= 0.3 is 0 Å². The predicted molar refractivity (Wildman–Crippen MR) is 111 cm³/mol. The van der Waals surface area contributed by atoms with Gasteiger partial charge in [0, 0.05) is 24.9 Å². The second-order valence-corrected chi connectivity index (χ2v) is 6.88. The first-order valence-corrected chi connectivity index (χ1v) is 9.58. The van der Waals surface area contributed by atoms with E-state index in [1.54, 1.807) is 13.3 Å². The Hall–Kier alpha value is -2.62. The van der Waals surface area contributed by atoms with Crippen LogP contribution in [0.2, 0.25) is 0 Å². The first kappa shape index (κ1) is 20.7. The van der Waals surface area contributed by atoms with E-state index in [2.05, 4.69) is 36.3 Å². The van der Waals surface area contributed by atoms with Crippen LogP contribution in [0.25, 0.3) is 5.57 Å². The van der Waals surface area contributed by atoms with Gasteiger partial charge in [-0.1, -0.05) is 24.3 Å². The fourth-order valence-corrected chi connectivity index (χ4v) is 2.97. The Balaban J connectivity index is 1.66. The molecule has 0 spiro atoms. The van der Waals surface area contributed by atoms with Crippen LogP contribution in [0.1, 0.15) is 50.7 Å². The number of hydrogen-bond acceptors (Lipinski definition) is 3. The Morgan fingerprint density at radius 2 is 2.04 bits per heavy atom. The van der Waals surface area contributed by atoms with Crippen molar-refractivity contribution in [2.45, 2.75) is 52.0 Å². The van der Waals surface area contributed by atoms with E-state index in [1.165, 1.54) is 11.1 Å². The van der Waals surface area contributed by atoms with E-state index in [-0.39, 0.29) is 11.9 Å². The number of carbonyl (C=O) groups excluding carboxylic acids is 1. The van der Waals surface area contributed by atoms with Crippen LogP contribution < -0.4 is 10.1 Å². The van der Waals surface area contributed by atoms with Crippen LogP contribution >= 0.6 is 0 Å². The maximum Gasteiger partial charge on any atom is 0.220 e. The standard InChI is InChI=1S/C23H30N2O2/c1-18(21-12-14-22(27-3)15-13-21)7-4-11-23(26)25-19(2)8-5-9-20-10-6-16-24-17-20/h6-7,10,12-17,19H,4-5,8-9,11H2,1-3H3,(H,25,26)/b18-7+.